The molecule has 0 aromatic carbocycles. The predicted molar refractivity (Wildman–Crippen MR) is 67.6 cm³/mol. The molecular weight excluding hydrogens is 263 g/mol. The predicted octanol–water partition coefficient (Wildman–Crippen LogP) is 1.66. The van der Waals surface area contributed by atoms with Gasteiger partial charge in [0.05, 0.1) is 5.92 Å². The molecule has 17 heavy (non-hydrogen) atoms. The Morgan fingerprint density at radius 2 is 1.88 bits per heavy atom. The number of pyridine rings is 1. The summed E-state index contributed by atoms with van der Waals surface area (Å²) in [5, 5.41) is 7.12. The summed E-state index contributed by atoms with van der Waals surface area (Å²) in [6.07, 6.45) is 3.44. The highest BCUT2D eigenvalue weighted by Crippen LogP contribution is 2.21. The number of hydrogen-bond acceptors (Lipinski definition) is 5. The second-order valence-electron chi connectivity index (χ2n) is 3.55. The van der Waals surface area contributed by atoms with Crippen molar-refractivity contribution in [3.63, 3.8) is 0 Å². The molecule has 0 saturated carbocycles. The lowest BCUT2D eigenvalue weighted by Crippen LogP contribution is -2.40. The van der Waals surface area contributed by atoms with Crippen LogP contribution in [-0.4, -0.2) is 28.2 Å². The van der Waals surface area contributed by atoms with Gasteiger partial charge in [0.2, 0.25) is 11.7 Å². The lowest BCUT2D eigenvalue weighted by molar-refractivity contribution is 0.308. The van der Waals surface area contributed by atoms with Crippen LogP contribution in [0.15, 0.2) is 29.0 Å². The van der Waals surface area contributed by atoms with Crippen LogP contribution in [0, 0.1) is 0 Å². The van der Waals surface area contributed by atoms with Crippen molar-refractivity contribution in [2.75, 3.05) is 13.1 Å². The highest BCUT2D eigenvalue weighted by molar-refractivity contribution is 5.85. The van der Waals surface area contributed by atoms with Crippen molar-refractivity contribution in [1.82, 2.24) is 20.4 Å². The van der Waals surface area contributed by atoms with Gasteiger partial charge in [-0.3, -0.25) is 4.98 Å². The fourth-order valence-electron chi connectivity index (χ4n) is 1.48. The van der Waals surface area contributed by atoms with E-state index in [9.17, 15) is 0 Å². The maximum Gasteiger partial charge on any atom is 0.232 e. The average molecular weight is 275 g/mol. The molecule has 0 amide bonds. The Morgan fingerprint density at radius 3 is 2.47 bits per heavy atom. The van der Waals surface area contributed by atoms with Crippen LogP contribution in [0.4, 0.5) is 0 Å². The third kappa shape index (κ3) is 2.74. The Kier molecular flexibility index (Phi) is 4.86. The fraction of sp³-hybridized carbons (Fsp3) is 0.300. The van der Waals surface area contributed by atoms with Gasteiger partial charge < -0.3 is 9.84 Å². The largest absolute Gasteiger partial charge is 0.339 e. The van der Waals surface area contributed by atoms with Crippen molar-refractivity contribution in [2.45, 2.75) is 5.92 Å². The first-order valence-corrected chi connectivity index (χ1v) is 4.88. The highest BCUT2D eigenvalue weighted by atomic mass is 35.5. The van der Waals surface area contributed by atoms with Gasteiger partial charge in [-0.25, -0.2) is 0 Å². The zero-order valence-corrected chi connectivity index (χ0v) is 10.5. The van der Waals surface area contributed by atoms with Crippen molar-refractivity contribution < 1.29 is 4.52 Å². The van der Waals surface area contributed by atoms with Gasteiger partial charge in [-0.15, -0.1) is 24.8 Å². The smallest absolute Gasteiger partial charge is 0.232 e. The molecule has 3 heterocycles. The van der Waals surface area contributed by atoms with Crippen molar-refractivity contribution in [2.24, 2.45) is 0 Å². The number of nitrogens with zero attached hydrogens (tertiary/aromatic N) is 3. The third-order valence-electron chi connectivity index (χ3n) is 2.51. The van der Waals surface area contributed by atoms with E-state index in [0.717, 1.165) is 24.5 Å². The standard InChI is InChI=1S/C10H10N4O.2ClH/c1-3-11-4-2-7(1)9-13-10(15-14-9)8-5-12-6-8;;/h1-4,8,12H,5-6H2;2*1H. The second-order valence-corrected chi connectivity index (χ2v) is 3.55. The SMILES string of the molecule is Cl.Cl.c1cc(-c2noc(C3CNC3)n2)ccn1. The number of aromatic nitrogens is 3. The van der Waals surface area contributed by atoms with Crippen LogP contribution in [0.25, 0.3) is 11.4 Å². The number of hydrogen-bond donors (Lipinski definition) is 1. The molecule has 1 aliphatic rings. The summed E-state index contributed by atoms with van der Waals surface area (Å²) in [4.78, 5) is 8.30. The minimum Gasteiger partial charge on any atom is -0.339 e. The Balaban J connectivity index is 0.000000722. The summed E-state index contributed by atoms with van der Waals surface area (Å²) in [5.74, 6) is 1.74. The molecule has 1 N–H and O–H groups in total. The van der Waals surface area contributed by atoms with Gasteiger partial charge in [0.15, 0.2) is 0 Å². The number of halogens is 2. The molecule has 0 bridgehead atoms. The van der Waals surface area contributed by atoms with Crippen molar-refractivity contribution in [1.29, 1.82) is 0 Å². The van der Waals surface area contributed by atoms with Crippen LogP contribution in [0.2, 0.25) is 0 Å². The van der Waals surface area contributed by atoms with E-state index >= 15 is 0 Å². The van der Waals surface area contributed by atoms with Crippen LogP contribution in [0.5, 0.6) is 0 Å². The van der Waals surface area contributed by atoms with Crippen LogP contribution in [0.3, 0.4) is 0 Å². The van der Waals surface area contributed by atoms with E-state index in [1.807, 2.05) is 12.1 Å². The zero-order valence-electron chi connectivity index (χ0n) is 8.87. The minimum absolute atomic E-state index is 0. The molecule has 1 fully saturated rings. The van der Waals surface area contributed by atoms with E-state index in [0.29, 0.717) is 11.7 Å². The first kappa shape index (κ1) is 13.9. The van der Waals surface area contributed by atoms with Crippen molar-refractivity contribution in [3.05, 3.63) is 30.4 Å². The monoisotopic (exact) mass is 274 g/mol. The van der Waals surface area contributed by atoms with E-state index < -0.39 is 0 Å². The summed E-state index contributed by atoms with van der Waals surface area (Å²) in [6, 6.07) is 3.74. The Hall–Kier alpha value is -1.17. The molecule has 7 heteroatoms. The van der Waals surface area contributed by atoms with Gasteiger partial charge in [-0.1, -0.05) is 5.16 Å². The number of nitrogens with one attached hydrogen (secondary N) is 1. The molecule has 1 saturated heterocycles. The first-order valence-electron chi connectivity index (χ1n) is 4.88. The van der Waals surface area contributed by atoms with Gasteiger partial charge in [0, 0.05) is 31.0 Å². The third-order valence-corrected chi connectivity index (χ3v) is 2.51. The highest BCUT2D eigenvalue weighted by Gasteiger charge is 2.25. The van der Waals surface area contributed by atoms with Crippen LogP contribution in [-0.2, 0) is 0 Å². The molecule has 0 unspecified atom stereocenters. The molecule has 2 aromatic heterocycles. The molecule has 5 nitrogen and oxygen atoms in total. The fourth-order valence-corrected chi connectivity index (χ4v) is 1.48. The summed E-state index contributed by atoms with van der Waals surface area (Å²) in [5.41, 5.74) is 0.937. The molecule has 1 aliphatic heterocycles. The van der Waals surface area contributed by atoms with Crippen LogP contribution >= 0.6 is 24.8 Å². The van der Waals surface area contributed by atoms with E-state index in [1.54, 1.807) is 12.4 Å². The Bertz CT molecular complexity index is 458. The second kappa shape index (κ2) is 5.95. The normalized spacial score (nSPS) is 14.4. The lowest BCUT2D eigenvalue weighted by Gasteiger charge is -2.22. The van der Waals surface area contributed by atoms with E-state index in [-0.39, 0.29) is 24.8 Å². The quantitative estimate of drug-likeness (QED) is 0.903. The molecule has 2 aromatic rings. The van der Waals surface area contributed by atoms with E-state index in [4.69, 9.17) is 4.52 Å². The topological polar surface area (TPSA) is 63.8 Å². The maximum absolute atomic E-state index is 5.20. The summed E-state index contributed by atoms with van der Waals surface area (Å²) < 4.78 is 5.20. The maximum atomic E-state index is 5.20. The summed E-state index contributed by atoms with van der Waals surface area (Å²) >= 11 is 0. The van der Waals surface area contributed by atoms with Gasteiger partial charge in [0.25, 0.3) is 0 Å². The molecule has 0 aliphatic carbocycles. The van der Waals surface area contributed by atoms with Gasteiger partial charge in [-0.2, -0.15) is 4.98 Å². The van der Waals surface area contributed by atoms with Crippen molar-refractivity contribution >= 4 is 24.8 Å². The van der Waals surface area contributed by atoms with Gasteiger partial charge >= 0.3 is 0 Å². The van der Waals surface area contributed by atoms with Crippen LogP contribution in [0.1, 0.15) is 11.8 Å². The van der Waals surface area contributed by atoms with E-state index in [2.05, 4.69) is 20.4 Å². The average Bonchev–Trinajstić information content (AvgIpc) is 2.66. The first-order chi connectivity index (χ1) is 7.43. The van der Waals surface area contributed by atoms with Crippen LogP contribution < -0.4 is 5.32 Å². The van der Waals surface area contributed by atoms with Crippen molar-refractivity contribution in [3.8, 4) is 11.4 Å². The van der Waals surface area contributed by atoms with E-state index in [1.165, 1.54) is 0 Å². The molecule has 0 radical (unpaired) electrons. The minimum atomic E-state index is 0. The molecule has 3 rings (SSSR count). The lowest BCUT2D eigenvalue weighted by atomic mass is 10.0. The van der Waals surface area contributed by atoms with Gasteiger partial charge in [0.1, 0.15) is 0 Å². The zero-order chi connectivity index (χ0) is 10.1. The Labute approximate surface area is 111 Å². The summed E-state index contributed by atoms with van der Waals surface area (Å²) in [6.45, 7) is 1.86. The molecule has 0 spiro atoms. The molecule has 0 atom stereocenters. The summed E-state index contributed by atoms with van der Waals surface area (Å²) in [7, 11) is 0. The molecule has 92 valence electrons. The number of rotatable bonds is 2. The molecular formula is C10H12Cl2N4O. The Morgan fingerprint density at radius 1 is 1.18 bits per heavy atom. The van der Waals surface area contributed by atoms with Gasteiger partial charge in [-0.05, 0) is 12.1 Å².